The Hall–Kier alpha value is -2.90. The number of pyridine rings is 1. The van der Waals surface area contributed by atoms with Crippen LogP contribution < -0.4 is 4.74 Å². The Balaban J connectivity index is 2.17. The van der Waals surface area contributed by atoms with Crippen LogP contribution in [0, 0.1) is 24.0 Å². The molecule has 116 valence electrons. The second kappa shape index (κ2) is 6.25. The van der Waals surface area contributed by atoms with Gasteiger partial charge in [-0.2, -0.15) is 0 Å². The van der Waals surface area contributed by atoms with Crippen molar-refractivity contribution < 1.29 is 23.6 Å². The van der Waals surface area contributed by atoms with Gasteiger partial charge in [0.15, 0.2) is 0 Å². The van der Waals surface area contributed by atoms with Gasteiger partial charge in [0.25, 0.3) is 0 Å². The van der Waals surface area contributed by atoms with Crippen molar-refractivity contribution in [3.8, 4) is 5.75 Å². The Bertz CT molecular complexity index is 722. The van der Waals surface area contributed by atoms with Crippen molar-refractivity contribution >= 4 is 11.8 Å². The molecule has 8 heteroatoms. The van der Waals surface area contributed by atoms with E-state index in [9.17, 15) is 14.9 Å². The summed E-state index contributed by atoms with van der Waals surface area (Å²) in [5.41, 5.74) is 0.804. The third-order valence-electron chi connectivity index (χ3n) is 2.90. The maximum Gasteiger partial charge on any atom is 0.406 e. The van der Waals surface area contributed by atoms with Gasteiger partial charge < -0.3 is 24.0 Å². The molecule has 0 unspecified atom stereocenters. The van der Waals surface area contributed by atoms with Crippen LogP contribution in [0.3, 0.4) is 0 Å². The number of rotatable bonds is 5. The number of hydrogen-bond acceptors (Lipinski definition) is 7. The highest BCUT2D eigenvalue weighted by Gasteiger charge is 2.19. The molecule has 2 aromatic rings. The molecule has 0 N–H and O–H groups in total. The van der Waals surface area contributed by atoms with Crippen LogP contribution >= 0.6 is 0 Å². The van der Waals surface area contributed by atoms with Gasteiger partial charge in [0.1, 0.15) is 29.4 Å². The van der Waals surface area contributed by atoms with Gasteiger partial charge in [-0.3, -0.25) is 0 Å². The lowest BCUT2D eigenvalue weighted by Gasteiger charge is -2.04. The fourth-order valence-corrected chi connectivity index (χ4v) is 1.85. The van der Waals surface area contributed by atoms with Crippen molar-refractivity contribution in [2.75, 3.05) is 7.11 Å². The zero-order chi connectivity index (χ0) is 16.3. The van der Waals surface area contributed by atoms with Crippen LogP contribution in [0.25, 0.3) is 0 Å². The number of ether oxygens (including phenoxy) is 2. The molecule has 0 saturated heterocycles. The molecule has 0 amide bonds. The summed E-state index contributed by atoms with van der Waals surface area (Å²) in [6.07, 6.45) is 0. The lowest BCUT2D eigenvalue weighted by atomic mass is 10.2. The smallest absolute Gasteiger partial charge is 0.406 e. The monoisotopic (exact) mass is 306 g/mol. The first-order valence-electron chi connectivity index (χ1n) is 6.35. The minimum atomic E-state index is -0.615. The number of esters is 1. The largest absolute Gasteiger partial charge is 0.477 e. The highest BCUT2D eigenvalue weighted by Crippen LogP contribution is 2.26. The molecule has 2 aromatic heterocycles. The molecule has 0 fully saturated rings. The van der Waals surface area contributed by atoms with Gasteiger partial charge >= 0.3 is 11.8 Å². The maximum absolute atomic E-state index is 11.5. The van der Waals surface area contributed by atoms with Gasteiger partial charge in [-0.15, -0.1) is 0 Å². The van der Waals surface area contributed by atoms with Gasteiger partial charge in [0, 0.05) is 6.92 Å². The van der Waals surface area contributed by atoms with Crippen LogP contribution in [-0.2, 0) is 11.3 Å². The van der Waals surface area contributed by atoms with E-state index in [2.05, 4.69) is 9.72 Å². The van der Waals surface area contributed by atoms with E-state index >= 15 is 0 Å². The number of carbonyl (C=O) groups is 1. The Morgan fingerprint density at radius 1 is 1.41 bits per heavy atom. The highest BCUT2D eigenvalue weighted by atomic mass is 16.6. The average Bonchev–Trinajstić information content (AvgIpc) is 2.86. The molecule has 0 saturated carbocycles. The number of carbonyl (C=O) groups excluding carboxylic acids is 1. The number of furan rings is 1. The van der Waals surface area contributed by atoms with Crippen molar-refractivity contribution in [3.05, 3.63) is 51.1 Å². The van der Waals surface area contributed by atoms with Crippen molar-refractivity contribution in [1.82, 2.24) is 4.98 Å². The van der Waals surface area contributed by atoms with Gasteiger partial charge in [-0.25, -0.2) is 4.79 Å². The van der Waals surface area contributed by atoms with E-state index in [1.807, 2.05) is 0 Å². The first kappa shape index (κ1) is 15.5. The summed E-state index contributed by atoms with van der Waals surface area (Å²) in [5.74, 6) is -0.106. The molecule has 0 aliphatic carbocycles. The third kappa shape index (κ3) is 3.22. The summed E-state index contributed by atoms with van der Waals surface area (Å²) < 4.78 is 15.4. The van der Waals surface area contributed by atoms with E-state index in [0.29, 0.717) is 17.2 Å². The molecule has 0 aromatic carbocycles. The van der Waals surface area contributed by atoms with E-state index < -0.39 is 10.9 Å². The summed E-state index contributed by atoms with van der Waals surface area (Å²) >= 11 is 0. The lowest BCUT2D eigenvalue weighted by molar-refractivity contribution is -0.390. The van der Waals surface area contributed by atoms with Crippen LogP contribution in [-0.4, -0.2) is 23.0 Å². The summed E-state index contributed by atoms with van der Waals surface area (Å²) in [4.78, 5) is 25.6. The second-order valence-corrected chi connectivity index (χ2v) is 4.49. The molecule has 0 aliphatic heterocycles. The Labute approximate surface area is 125 Å². The Kier molecular flexibility index (Phi) is 4.40. The molecule has 2 heterocycles. The minimum Gasteiger partial charge on any atom is -0.477 e. The molecule has 0 aliphatic rings. The maximum atomic E-state index is 11.5. The first-order chi connectivity index (χ1) is 10.4. The number of methoxy groups -OCH3 is 1. The van der Waals surface area contributed by atoms with Gasteiger partial charge in [-0.05, 0) is 35.0 Å². The quantitative estimate of drug-likeness (QED) is 0.475. The number of nitrogens with zero attached hydrogens (tertiary/aromatic N) is 2. The van der Waals surface area contributed by atoms with Crippen molar-refractivity contribution in [2.24, 2.45) is 0 Å². The van der Waals surface area contributed by atoms with E-state index in [0.717, 1.165) is 0 Å². The second-order valence-electron chi connectivity index (χ2n) is 4.49. The molecule has 0 spiro atoms. The van der Waals surface area contributed by atoms with E-state index in [1.165, 1.54) is 19.2 Å². The van der Waals surface area contributed by atoms with Crippen molar-refractivity contribution in [3.63, 3.8) is 0 Å². The fraction of sp³-hybridized carbons (Fsp3) is 0.286. The topological polar surface area (TPSA) is 105 Å². The highest BCUT2D eigenvalue weighted by molar-refractivity contribution is 5.90. The molecule has 2 rings (SSSR count). The molecule has 22 heavy (non-hydrogen) atoms. The zero-order valence-corrected chi connectivity index (χ0v) is 12.3. The number of nitro groups is 1. The SMILES string of the molecule is COC(=O)c1cc(COc2ccc(C)nc2[N+](=O)[O-])oc1C. The molecular formula is C14H14N2O6. The van der Waals surface area contributed by atoms with E-state index in [-0.39, 0.29) is 23.7 Å². The van der Waals surface area contributed by atoms with Gasteiger partial charge in [-0.1, -0.05) is 0 Å². The van der Waals surface area contributed by atoms with Crippen LogP contribution in [0.4, 0.5) is 5.82 Å². The van der Waals surface area contributed by atoms with Crippen LogP contribution in [0.1, 0.15) is 27.6 Å². The summed E-state index contributed by atoms with van der Waals surface area (Å²) in [6, 6.07) is 4.56. The Morgan fingerprint density at radius 2 is 2.14 bits per heavy atom. The average molecular weight is 306 g/mol. The molecular weight excluding hydrogens is 292 g/mol. The van der Waals surface area contributed by atoms with Gasteiger partial charge in [0.05, 0.1) is 7.11 Å². The predicted octanol–water partition coefficient (Wildman–Crippen LogP) is 2.57. The molecule has 0 atom stereocenters. The third-order valence-corrected chi connectivity index (χ3v) is 2.90. The normalized spacial score (nSPS) is 10.3. The van der Waals surface area contributed by atoms with Crippen molar-refractivity contribution in [1.29, 1.82) is 0 Å². The fourth-order valence-electron chi connectivity index (χ4n) is 1.85. The van der Waals surface area contributed by atoms with Crippen LogP contribution in [0.2, 0.25) is 0 Å². The minimum absolute atomic E-state index is 0.0317. The first-order valence-corrected chi connectivity index (χ1v) is 6.35. The predicted molar refractivity (Wildman–Crippen MR) is 74.7 cm³/mol. The lowest BCUT2D eigenvalue weighted by Crippen LogP contribution is -2.02. The Morgan fingerprint density at radius 3 is 2.77 bits per heavy atom. The van der Waals surface area contributed by atoms with E-state index in [4.69, 9.17) is 9.15 Å². The van der Waals surface area contributed by atoms with Crippen LogP contribution in [0.15, 0.2) is 22.6 Å². The number of aryl methyl sites for hydroxylation is 2. The van der Waals surface area contributed by atoms with Crippen LogP contribution in [0.5, 0.6) is 5.75 Å². The summed E-state index contributed by atoms with van der Waals surface area (Å²) in [6.45, 7) is 3.20. The van der Waals surface area contributed by atoms with Crippen molar-refractivity contribution in [2.45, 2.75) is 20.5 Å². The number of hydrogen-bond donors (Lipinski definition) is 0. The standard InChI is InChI=1S/C14H14N2O6/c1-8-4-5-12(13(15-8)16(18)19)21-7-10-6-11(9(2)22-10)14(17)20-3/h4-6H,7H2,1-3H3. The molecule has 8 nitrogen and oxygen atoms in total. The van der Waals surface area contributed by atoms with Gasteiger partial charge in [0.2, 0.25) is 5.75 Å². The number of aromatic nitrogens is 1. The van der Waals surface area contributed by atoms with E-state index in [1.54, 1.807) is 19.9 Å². The summed E-state index contributed by atoms with van der Waals surface area (Å²) in [7, 11) is 1.27. The molecule has 0 radical (unpaired) electrons. The zero-order valence-electron chi connectivity index (χ0n) is 12.3. The molecule has 0 bridgehead atoms. The summed E-state index contributed by atoms with van der Waals surface area (Å²) in [5, 5.41) is 11.0.